The Hall–Kier alpha value is -0.670. The van der Waals surface area contributed by atoms with E-state index in [4.69, 9.17) is 0 Å². The van der Waals surface area contributed by atoms with Crippen LogP contribution in [0.15, 0.2) is 0 Å². The fourth-order valence-corrected chi connectivity index (χ4v) is 0.968. The van der Waals surface area contributed by atoms with Crippen molar-refractivity contribution in [3.8, 4) is 0 Å². The van der Waals surface area contributed by atoms with Crippen LogP contribution in [0.3, 0.4) is 0 Å². The van der Waals surface area contributed by atoms with E-state index in [1.54, 1.807) is 0 Å². The van der Waals surface area contributed by atoms with Crippen molar-refractivity contribution in [3.63, 3.8) is 0 Å². The maximum Gasteiger partial charge on any atom is 0.315 e. The number of hydrogen-bond donors (Lipinski definition) is 0. The Morgan fingerprint density at radius 3 is 2.10 bits per heavy atom. The maximum atomic E-state index is 12.3. The van der Waals surface area contributed by atoms with Crippen LogP contribution >= 0.6 is 0 Å². The average molecular weight is 150 g/mol. The zero-order valence-electron chi connectivity index (χ0n) is 5.73. The second-order valence-electron chi connectivity index (χ2n) is 2.46. The van der Waals surface area contributed by atoms with Crippen LogP contribution in [0.1, 0.15) is 6.92 Å². The lowest BCUT2D eigenvalue weighted by molar-refractivity contribution is -0.144. The summed E-state index contributed by atoms with van der Waals surface area (Å²) in [6.45, 7) is 1.33. The van der Waals surface area contributed by atoms with Crippen molar-refractivity contribution < 1.29 is 18.3 Å². The lowest BCUT2D eigenvalue weighted by Crippen LogP contribution is -2.08. The first-order valence-electron chi connectivity index (χ1n) is 2.97. The minimum atomic E-state index is -2.83. The Morgan fingerprint density at radius 2 is 2.00 bits per heavy atom. The molecule has 2 unspecified atom stereocenters. The molecule has 1 rings (SSSR count). The highest BCUT2D eigenvalue weighted by Crippen LogP contribution is 2.55. The molecule has 0 bridgehead atoms. The third-order valence-corrected chi connectivity index (χ3v) is 1.87. The van der Waals surface area contributed by atoms with Gasteiger partial charge in [0.1, 0.15) is 5.92 Å². The summed E-state index contributed by atoms with van der Waals surface area (Å²) in [5.74, 6) is -5.68. The molecule has 0 aromatic rings. The second-order valence-corrected chi connectivity index (χ2v) is 2.46. The number of carbonyl (C=O) groups is 1. The fourth-order valence-electron chi connectivity index (χ4n) is 0.968. The molecule has 0 radical (unpaired) electrons. The van der Waals surface area contributed by atoms with E-state index in [0.29, 0.717) is 0 Å². The standard InChI is InChI=1S/C6H8F2O2/c1-3-4(5(9)10-2)6(3,7)8/h3-4H,1-2H3. The van der Waals surface area contributed by atoms with E-state index in [9.17, 15) is 13.6 Å². The van der Waals surface area contributed by atoms with Crippen LogP contribution in [0.4, 0.5) is 8.78 Å². The van der Waals surface area contributed by atoms with Crippen LogP contribution in [-0.4, -0.2) is 19.0 Å². The first kappa shape index (κ1) is 7.44. The highest BCUT2D eigenvalue weighted by Gasteiger charge is 2.70. The van der Waals surface area contributed by atoms with E-state index in [1.807, 2.05) is 0 Å². The SMILES string of the molecule is COC(=O)C1C(C)C1(F)F. The van der Waals surface area contributed by atoms with E-state index in [0.717, 1.165) is 7.11 Å². The maximum absolute atomic E-state index is 12.3. The molecular weight excluding hydrogens is 142 g/mol. The molecule has 1 aliphatic rings. The molecule has 0 aromatic carbocycles. The predicted molar refractivity (Wildman–Crippen MR) is 29.6 cm³/mol. The molecule has 0 heterocycles. The van der Waals surface area contributed by atoms with Crippen LogP contribution in [0.5, 0.6) is 0 Å². The van der Waals surface area contributed by atoms with Gasteiger partial charge in [-0.25, -0.2) is 8.78 Å². The van der Waals surface area contributed by atoms with E-state index >= 15 is 0 Å². The Labute approximate surface area is 57.2 Å². The number of carbonyl (C=O) groups excluding carboxylic acids is 1. The number of methoxy groups -OCH3 is 1. The van der Waals surface area contributed by atoms with Crippen molar-refractivity contribution in [3.05, 3.63) is 0 Å². The van der Waals surface area contributed by atoms with Crippen molar-refractivity contribution in [1.82, 2.24) is 0 Å². The molecule has 0 spiro atoms. The molecule has 0 saturated heterocycles. The third-order valence-electron chi connectivity index (χ3n) is 1.87. The molecule has 1 fully saturated rings. The molecule has 2 atom stereocenters. The molecule has 4 heteroatoms. The summed E-state index contributed by atoms with van der Waals surface area (Å²) in [5.41, 5.74) is 0. The van der Waals surface area contributed by atoms with Gasteiger partial charge in [0.15, 0.2) is 0 Å². The summed E-state index contributed by atoms with van der Waals surface area (Å²) >= 11 is 0. The zero-order chi connectivity index (χ0) is 7.94. The summed E-state index contributed by atoms with van der Waals surface area (Å²) in [6, 6.07) is 0. The van der Waals surface area contributed by atoms with Crippen molar-refractivity contribution in [2.45, 2.75) is 12.8 Å². The number of esters is 1. The molecule has 1 saturated carbocycles. The first-order valence-corrected chi connectivity index (χ1v) is 2.97. The van der Waals surface area contributed by atoms with Gasteiger partial charge in [-0.15, -0.1) is 0 Å². The van der Waals surface area contributed by atoms with Gasteiger partial charge in [-0.2, -0.15) is 0 Å². The minimum Gasteiger partial charge on any atom is -0.469 e. The zero-order valence-corrected chi connectivity index (χ0v) is 5.73. The van der Waals surface area contributed by atoms with Crippen molar-refractivity contribution in [2.75, 3.05) is 7.11 Å². The quantitative estimate of drug-likeness (QED) is 0.522. The largest absolute Gasteiger partial charge is 0.469 e. The summed E-state index contributed by atoms with van der Waals surface area (Å²) in [4.78, 5) is 10.5. The Balaban J connectivity index is 2.57. The van der Waals surface area contributed by atoms with Crippen molar-refractivity contribution in [2.24, 2.45) is 11.8 Å². The number of hydrogen-bond acceptors (Lipinski definition) is 2. The van der Waals surface area contributed by atoms with Gasteiger partial charge in [-0.05, 0) is 0 Å². The van der Waals surface area contributed by atoms with E-state index < -0.39 is 23.7 Å². The van der Waals surface area contributed by atoms with E-state index in [1.165, 1.54) is 6.92 Å². The lowest BCUT2D eigenvalue weighted by Gasteiger charge is -1.93. The van der Waals surface area contributed by atoms with Crippen molar-refractivity contribution >= 4 is 5.97 Å². The summed E-state index contributed by atoms with van der Waals surface area (Å²) in [7, 11) is 1.11. The fraction of sp³-hybridized carbons (Fsp3) is 0.833. The topological polar surface area (TPSA) is 26.3 Å². The first-order chi connectivity index (χ1) is 4.51. The molecular formula is C6H8F2O2. The monoisotopic (exact) mass is 150 g/mol. The number of rotatable bonds is 1. The highest BCUT2D eigenvalue weighted by molar-refractivity contribution is 5.77. The molecule has 0 aliphatic heterocycles. The van der Waals surface area contributed by atoms with Crippen LogP contribution in [0.2, 0.25) is 0 Å². The van der Waals surface area contributed by atoms with Gasteiger partial charge >= 0.3 is 5.97 Å². The molecule has 1 aliphatic carbocycles. The molecule has 0 aromatic heterocycles. The van der Waals surface area contributed by atoms with Gasteiger partial charge in [0.25, 0.3) is 5.92 Å². The van der Waals surface area contributed by atoms with Gasteiger partial charge in [-0.1, -0.05) is 6.92 Å². The smallest absolute Gasteiger partial charge is 0.315 e. The van der Waals surface area contributed by atoms with Crippen molar-refractivity contribution in [1.29, 1.82) is 0 Å². The second kappa shape index (κ2) is 1.90. The Morgan fingerprint density at radius 1 is 1.60 bits per heavy atom. The Kier molecular flexibility index (Phi) is 1.42. The molecule has 0 N–H and O–H groups in total. The predicted octanol–water partition coefficient (Wildman–Crippen LogP) is 1.06. The number of alkyl halides is 2. The summed E-state index contributed by atoms with van der Waals surface area (Å²) in [6.07, 6.45) is 0. The molecule has 2 nitrogen and oxygen atoms in total. The minimum absolute atomic E-state index is 0.808. The normalized spacial score (nSPS) is 35.2. The number of halogens is 2. The highest BCUT2D eigenvalue weighted by atomic mass is 19.3. The van der Waals surface area contributed by atoms with Gasteiger partial charge < -0.3 is 4.74 Å². The van der Waals surface area contributed by atoms with Gasteiger partial charge in [-0.3, -0.25) is 4.79 Å². The van der Waals surface area contributed by atoms with E-state index in [-0.39, 0.29) is 0 Å². The third kappa shape index (κ3) is 0.786. The molecule has 10 heavy (non-hydrogen) atoms. The average Bonchev–Trinajstić information content (AvgIpc) is 2.33. The Bertz CT molecular complexity index is 167. The summed E-state index contributed by atoms with van der Waals surface area (Å²) < 4.78 is 28.8. The molecule has 58 valence electrons. The van der Waals surface area contributed by atoms with Crippen LogP contribution in [0.25, 0.3) is 0 Å². The van der Waals surface area contributed by atoms with E-state index in [2.05, 4.69) is 4.74 Å². The van der Waals surface area contributed by atoms with Gasteiger partial charge in [0.2, 0.25) is 0 Å². The number of ether oxygens (including phenoxy) is 1. The summed E-state index contributed by atoms with van der Waals surface area (Å²) in [5, 5.41) is 0. The molecule has 0 amide bonds. The van der Waals surface area contributed by atoms with Gasteiger partial charge in [0, 0.05) is 5.92 Å². The lowest BCUT2D eigenvalue weighted by atomic mass is 10.3. The van der Waals surface area contributed by atoms with Crippen LogP contribution < -0.4 is 0 Å². The van der Waals surface area contributed by atoms with Crippen LogP contribution in [0, 0.1) is 11.8 Å². The van der Waals surface area contributed by atoms with Gasteiger partial charge in [0.05, 0.1) is 7.11 Å². The van der Waals surface area contributed by atoms with Crippen LogP contribution in [-0.2, 0) is 9.53 Å².